The van der Waals surface area contributed by atoms with Gasteiger partial charge in [-0.3, -0.25) is 4.90 Å². The molecule has 0 saturated carbocycles. The van der Waals surface area contributed by atoms with Crippen molar-refractivity contribution in [3.05, 3.63) is 35.4 Å². The fraction of sp³-hybridized carbons (Fsp3) is 0. The highest BCUT2D eigenvalue weighted by Crippen LogP contribution is 2.25. The Kier molecular flexibility index (Phi) is 2.94. The van der Waals surface area contributed by atoms with Gasteiger partial charge in [-0.15, -0.1) is 0 Å². The van der Waals surface area contributed by atoms with E-state index < -0.39 is 0 Å². The second kappa shape index (κ2) is 3.78. The molecule has 1 rings (SSSR count). The first-order chi connectivity index (χ1) is 5.66. The second-order valence-electron chi connectivity index (χ2n) is 2.03. The fourth-order valence-corrected chi connectivity index (χ4v) is 1.21. The minimum Gasteiger partial charge on any atom is -0.403 e. The van der Waals surface area contributed by atoms with Gasteiger partial charge >= 0.3 is 0 Å². The summed E-state index contributed by atoms with van der Waals surface area (Å²) in [6.45, 7) is 3.78. The van der Waals surface area contributed by atoms with E-state index in [-0.39, 0.29) is 0 Å². The number of hydrogen-bond donors (Lipinski definition) is 1. The van der Waals surface area contributed by atoms with Gasteiger partial charge < -0.3 is 5.73 Å². The molecule has 1 aliphatic heterocycles. The molecule has 1 aliphatic rings. The monoisotopic (exact) mass is 247 g/mol. The number of amidine groups is 1. The molecule has 5 heteroatoms. The van der Waals surface area contributed by atoms with Crippen LogP contribution in [0.4, 0.5) is 0 Å². The predicted molar refractivity (Wildman–Crippen MR) is 54.6 cm³/mol. The summed E-state index contributed by atoms with van der Waals surface area (Å²) < 4.78 is 0.782. The molecule has 64 valence electrons. The van der Waals surface area contributed by atoms with Crippen molar-refractivity contribution < 1.29 is 0 Å². The van der Waals surface area contributed by atoms with Gasteiger partial charge in [0.2, 0.25) is 5.29 Å². The van der Waals surface area contributed by atoms with Gasteiger partial charge in [0.15, 0.2) is 0 Å². The maximum absolute atomic E-state index is 5.76. The first-order valence-corrected chi connectivity index (χ1v) is 4.30. The Morgan fingerprint density at radius 2 is 2.42 bits per heavy atom. The summed E-state index contributed by atoms with van der Waals surface area (Å²) in [6, 6.07) is 0. The molecule has 0 aromatic heterocycles. The highest BCUT2D eigenvalue weighted by atomic mass is 79.9. The van der Waals surface area contributed by atoms with Crippen molar-refractivity contribution in [3.8, 4) is 0 Å². The van der Waals surface area contributed by atoms with Crippen molar-refractivity contribution in [2.45, 2.75) is 0 Å². The van der Waals surface area contributed by atoms with E-state index in [1.807, 2.05) is 0 Å². The molecule has 12 heavy (non-hydrogen) atoms. The standard InChI is InChI=1S/C7H7BrClN3/c1-5-6(8)4-11-7(9)12(5)3-2-10/h2-4H,1,10H2/b3-2-. The molecule has 0 aromatic rings. The molecule has 0 aliphatic carbocycles. The van der Waals surface area contributed by atoms with Crippen LogP contribution >= 0.6 is 27.5 Å². The van der Waals surface area contributed by atoms with Crippen molar-refractivity contribution in [1.82, 2.24) is 4.90 Å². The molecule has 1 heterocycles. The van der Waals surface area contributed by atoms with Crippen LogP contribution in [0.25, 0.3) is 0 Å². The van der Waals surface area contributed by atoms with E-state index in [0.717, 1.165) is 4.48 Å². The largest absolute Gasteiger partial charge is 0.403 e. The molecule has 0 amide bonds. The molecular weight excluding hydrogens is 241 g/mol. The van der Waals surface area contributed by atoms with Crippen LogP contribution in [-0.4, -0.2) is 10.2 Å². The zero-order valence-electron chi connectivity index (χ0n) is 6.17. The van der Waals surface area contributed by atoms with Gasteiger partial charge in [0.25, 0.3) is 0 Å². The van der Waals surface area contributed by atoms with Crippen molar-refractivity contribution >= 4 is 32.8 Å². The Morgan fingerprint density at radius 1 is 1.75 bits per heavy atom. The molecule has 0 fully saturated rings. The second-order valence-corrected chi connectivity index (χ2v) is 3.23. The van der Waals surface area contributed by atoms with E-state index in [9.17, 15) is 0 Å². The van der Waals surface area contributed by atoms with Gasteiger partial charge in [-0.1, -0.05) is 6.58 Å². The van der Waals surface area contributed by atoms with E-state index in [1.54, 1.807) is 17.3 Å². The van der Waals surface area contributed by atoms with Gasteiger partial charge in [0, 0.05) is 18.6 Å². The lowest BCUT2D eigenvalue weighted by Crippen LogP contribution is -2.22. The highest BCUT2D eigenvalue weighted by Gasteiger charge is 2.15. The van der Waals surface area contributed by atoms with Crippen molar-refractivity contribution in [2.75, 3.05) is 0 Å². The lowest BCUT2D eigenvalue weighted by molar-refractivity contribution is 0.716. The smallest absolute Gasteiger partial charge is 0.207 e. The van der Waals surface area contributed by atoms with Crippen LogP contribution < -0.4 is 5.73 Å². The number of nitrogens with zero attached hydrogens (tertiary/aromatic N) is 2. The summed E-state index contributed by atoms with van der Waals surface area (Å²) in [4.78, 5) is 5.47. The summed E-state index contributed by atoms with van der Waals surface area (Å²) in [7, 11) is 0. The van der Waals surface area contributed by atoms with Crippen LogP contribution in [0.3, 0.4) is 0 Å². The van der Waals surface area contributed by atoms with E-state index in [0.29, 0.717) is 11.0 Å². The summed E-state index contributed by atoms with van der Waals surface area (Å²) in [6.07, 6.45) is 4.54. The maximum Gasteiger partial charge on any atom is 0.207 e. The molecule has 0 unspecified atom stereocenters. The Balaban J connectivity index is 2.97. The van der Waals surface area contributed by atoms with Crippen LogP contribution in [0.1, 0.15) is 0 Å². The van der Waals surface area contributed by atoms with Gasteiger partial charge in [-0.05, 0) is 27.5 Å². The topological polar surface area (TPSA) is 41.6 Å². The third-order valence-corrected chi connectivity index (χ3v) is 2.23. The number of allylic oxidation sites excluding steroid dienone is 1. The first-order valence-electron chi connectivity index (χ1n) is 3.12. The number of halogens is 2. The van der Waals surface area contributed by atoms with Crippen molar-refractivity contribution in [1.29, 1.82) is 0 Å². The Morgan fingerprint density at radius 3 is 3.00 bits per heavy atom. The zero-order valence-corrected chi connectivity index (χ0v) is 8.51. The molecule has 3 nitrogen and oxygen atoms in total. The van der Waals surface area contributed by atoms with E-state index >= 15 is 0 Å². The van der Waals surface area contributed by atoms with E-state index in [1.165, 1.54) is 6.20 Å². The van der Waals surface area contributed by atoms with Crippen LogP contribution in [0.5, 0.6) is 0 Å². The third-order valence-electron chi connectivity index (χ3n) is 1.28. The summed E-state index contributed by atoms with van der Waals surface area (Å²) in [5, 5.41) is 0.324. The number of rotatable bonds is 1. The Hall–Kier alpha value is -0.740. The number of nitrogens with two attached hydrogens (primary N) is 1. The molecule has 0 saturated heterocycles. The first kappa shape index (κ1) is 9.35. The summed E-state index contributed by atoms with van der Waals surface area (Å²) >= 11 is 9.04. The molecule has 0 aromatic carbocycles. The Labute approximate surface area is 84.0 Å². The molecule has 0 atom stereocenters. The molecular formula is C7H7BrClN3. The fourth-order valence-electron chi connectivity index (χ4n) is 0.711. The van der Waals surface area contributed by atoms with Crippen LogP contribution in [0.15, 0.2) is 40.4 Å². The van der Waals surface area contributed by atoms with Crippen LogP contribution in [-0.2, 0) is 0 Å². The van der Waals surface area contributed by atoms with Gasteiger partial charge in [0.05, 0.1) is 10.2 Å². The minimum absolute atomic E-state index is 0.324. The van der Waals surface area contributed by atoms with Crippen molar-refractivity contribution in [3.63, 3.8) is 0 Å². The van der Waals surface area contributed by atoms with Crippen molar-refractivity contribution in [2.24, 2.45) is 10.7 Å². The molecule has 0 spiro atoms. The van der Waals surface area contributed by atoms with E-state index in [4.69, 9.17) is 17.3 Å². The average molecular weight is 249 g/mol. The van der Waals surface area contributed by atoms with E-state index in [2.05, 4.69) is 27.5 Å². The predicted octanol–water partition coefficient (Wildman–Crippen LogP) is 2.08. The Bertz CT molecular complexity index is 291. The summed E-state index contributed by atoms with van der Waals surface area (Å²) in [5.74, 6) is 0. The molecule has 2 N–H and O–H groups in total. The molecule has 0 bridgehead atoms. The normalized spacial score (nSPS) is 18.2. The van der Waals surface area contributed by atoms with Gasteiger partial charge in [0.1, 0.15) is 0 Å². The minimum atomic E-state index is 0.324. The lowest BCUT2D eigenvalue weighted by atomic mass is 10.4. The SMILES string of the molecule is C=C1C(Br)=CN=C(Cl)N1/C=C\N. The zero-order chi connectivity index (χ0) is 9.14. The number of aliphatic imine (C=N–C) groups is 1. The van der Waals surface area contributed by atoms with Gasteiger partial charge in [-0.2, -0.15) is 0 Å². The average Bonchev–Trinajstić information content (AvgIpc) is 2.06. The lowest BCUT2D eigenvalue weighted by Gasteiger charge is -2.22. The molecule has 0 radical (unpaired) electrons. The number of hydrogen-bond acceptors (Lipinski definition) is 3. The van der Waals surface area contributed by atoms with Crippen LogP contribution in [0.2, 0.25) is 0 Å². The van der Waals surface area contributed by atoms with Crippen LogP contribution in [0, 0.1) is 0 Å². The summed E-state index contributed by atoms with van der Waals surface area (Å²) in [5.41, 5.74) is 5.92. The highest BCUT2D eigenvalue weighted by molar-refractivity contribution is 9.12. The quantitative estimate of drug-likeness (QED) is 0.722. The maximum atomic E-state index is 5.76. The van der Waals surface area contributed by atoms with Gasteiger partial charge in [-0.25, -0.2) is 4.99 Å². The third kappa shape index (κ3) is 1.70.